The molecule has 0 atom stereocenters. The zero-order chi connectivity index (χ0) is 10.1. The average Bonchev–Trinajstić information content (AvgIpc) is 2.62. The fourth-order valence-corrected chi connectivity index (χ4v) is 2.64. The third-order valence-corrected chi connectivity index (χ3v) is 3.94. The first-order valence-electron chi connectivity index (χ1n) is 5.49. The van der Waals surface area contributed by atoms with Crippen molar-refractivity contribution in [1.82, 2.24) is 4.98 Å². The van der Waals surface area contributed by atoms with Crippen LogP contribution in [0.2, 0.25) is 0 Å². The number of nitrogens with zero attached hydrogens (tertiary/aromatic N) is 1. The number of benzene rings is 1. The molecular weight excluding hydrogens is 204 g/mol. The van der Waals surface area contributed by atoms with E-state index in [0.29, 0.717) is 0 Å². The molecule has 1 aromatic heterocycles. The Bertz CT molecular complexity index is 459. The normalized spacial score (nSPS) is 16.5. The average molecular weight is 218 g/mol. The van der Waals surface area contributed by atoms with Gasteiger partial charge in [0.05, 0.1) is 15.7 Å². The Morgan fingerprint density at radius 1 is 1.40 bits per heavy atom. The predicted octanol–water partition coefficient (Wildman–Crippen LogP) is 3.51. The second kappa shape index (κ2) is 3.81. The van der Waals surface area contributed by atoms with Crippen LogP contribution in [0, 0.1) is 5.92 Å². The molecule has 3 heteroatoms. The van der Waals surface area contributed by atoms with E-state index in [2.05, 4.69) is 28.5 Å². The van der Waals surface area contributed by atoms with E-state index in [9.17, 15) is 0 Å². The van der Waals surface area contributed by atoms with Crippen molar-refractivity contribution in [3.8, 4) is 0 Å². The molecule has 1 N–H and O–H groups in total. The molecule has 1 heterocycles. The van der Waals surface area contributed by atoms with Crippen LogP contribution in [-0.2, 0) is 0 Å². The summed E-state index contributed by atoms with van der Waals surface area (Å²) in [5, 5.41) is 3.51. The Morgan fingerprint density at radius 2 is 2.33 bits per heavy atom. The van der Waals surface area contributed by atoms with Gasteiger partial charge in [0.2, 0.25) is 0 Å². The van der Waals surface area contributed by atoms with Crippen LogP contribution in [0.15, 0.2) is 23.7 Å². The second-order valence-electron chi connectivity index (χ2n) is 4.21. The molecule has 0 unspecified atom stereocenters. The highest BCUT2D eigenvalue weighted by atomic mass is 32.1. The van der Waals surface area contributed by atoms with E-state index in [-0.39, 0.29) is 0 Å². The van der Waals surface area contributed by atoms with Crippen molar-refractivity contribution in [2.24, 2.45) is 5.92 Å². The maximum absolute atomic E-state index is 4.27. The number of anilines is 1. The van der Waals surface area contributed by atoms with Crippen LogP contribution in [0.4, 0.5) is 5.69 Å². The summed E-state index contributed by atoms with van der Waals surface area (Å²) in [5.41, 5.74) is 4.24. The van der Waals surface area contributed by atoms with Crippen LogP contribution in [0.25, 0.3) is 10.2 Å². The largest absolute Gasteiger partial charge is 0.385 e. The molecule has 0 radical (unpaired) electrons. The molecule has 2 nitrogen and oxygen atoms in total. The molecule has 1 aliphatic carbocycles. The van der Waals surface area contributed by atoms with Gasteiger partial charge in [0.1, 0.15) is 0 Å². The number of hydrogen-bond donors (Lipinski definition) is 1. The van der Waals surface area contributed by atoms with Crippen molar-refractivity contribution in [2.45, 2.75) is 19.3 Å². The van der Waals surface area contributed by atoms with Gasteiger partial charge in [0, 0.05) is 12.2 Å². The zero-order valence-corrected chi connectivity index (χ0v) is 9.39. The molecule has 1 fully saturated rings. The third kappa shape index (κ3) is 1.84. The molecule has 0 amide bonds. The quantitative estimate of drug-likeness (QED) is 0.852. The fourth-order valence-electron chi connectivity index (χ4n) is 1.92. The van der Waals surface area contributed by atoms with Gasteiger partial charge in [-0.1, -0.05) is 6.42 Å². The molecule has 0 spiro atoms. The maximum atomic E-state index is 4.27. The fraction of sp³-hybridized carbons (Fsp3) is 0.417. The Kier molecular flexibility index (Phi) is 2.33. The molecule has 1 aromatic carbocycles. The van der Waals surface area contributed by atoms with Crippen LogP contribution in [0.3, 0.4) is 0 Å². The van der Waals surface area contributed by atoms with Crippen LogP contribution in [-0.4, -0.2) is 11.5 Å². The van der Waals surface area contributed by atoms with Gasteiger partial charge >= 0.3 is 0 Å². The Labute approximate surface area is 93.3 Å². The van der Waals surface area contributed by atoms with Crippen molar-refractivity contribution < 1.29 is 0 Å². The summed E-state index contributed by atoms with van der Waals surface area (Å²) in [6.45, 7) is 1.13. The summed E-state index contributed by atoms with van der Waals surface area (Å²) < 4.78 is 1.27. The number of thiazole rings is 1. The minimum absolute atomic E-state index is 0.905. The Hall–Kier alpha value is -1.09. The molecule has 15 heavy (non-hydrogen) atoms. The molecule has 0 saturated heterocycles. The van der Waals surface area contributed by atoms with E-state index < -0.39 is 0 Å². The monoisotopic (exact) mass is 218 g/mol. The Balaban J connectivity index is 1.72. The number of fused-ring (bicyclic) bond motifs is 1. The molecule has 0 aliphatic heterocycles. The number of rotatable bonds is 3. The van der Waals surface area contributed by atoms with Gasteiger partial charge in [-0.05, 0) is 37.0 Å². The van der Waals surface area contributed by atoms with Crippen LogP contribution in [0.1, 0.15) is 19.3 Å². The smallest absolute Gasteiger partial charge is 0.0813 e. The molecule has 3 rings (SSSR count). The van der Waals surface area contributed by atoms with Gasteiger partial charge in [0.25, 0.3) is 0 Å². The van der Waals surface area contributed by atoms with Gasteiger partial charge in [-0.15, -0.1) is 11.3 Å². The lowest BCUT2D eigenvalue weighted by Gasteiger charge is -2.25. The van der Waals surface area contributed by atoms with Crippen LogP contribution in [0.5, 0.6) is 0 Å². The van der Waals surface area contributed by atoms with Gasteiger partial charge in [-0.25, -0.2) is 4.98 Å². The first kappa shape index (κ1) is 9.16. The number of nitrogens with one attached hydrogen (secondary N) is 1. The van der Waals surface area contributed by atoms with Crippen molar-refractivity contribution in [1.29, 1.82) is 0 Å². The highest BCUT2D eigenvalue weighted by Gasteiger charge is 2.16. The summed E-state index contributed by atoms with van der Waals surface area (Å²) in [5.74, 6) is 0.905. The van der Waals surface area contributed by atoms with E-state index in [1.165, 1.54) is 29.6 Å². The van der Waals surface area contributed by atoms with Crippen LogP contribution < -0.4 is 5.32 Å². The summed E-state index contributed by atoms with van der Waals surface area (Å²) in [6, 6.07) is 6.42. The molecule has 0 bridgehead atoms. The van der Waals surface area contributed by atoms with E-state index in [1.807, 2.05) is 5.51 Å². The third-order valence-electron chi connectivity index (χ3n) is 3.15. The van der Waals surface area contributed by atoms with E-state index >= 15 is 0 Å². The summed E-state index contributed by atoms with van der Waals surface area (Å²) >= 11 is 1.70. The van der Waals surface area contributed by atoms with E-state index in [4.69, 9.17) is 0 Å². The molecule has 78 valence electrons. The highest BCUT2D eigenvalue weighted by Crippen LogP contribution is 2.27. The van der Waals surface area contributed by atoms with E-state index in [1.54, 1.807) is 11.3 Å². The standard InChI is InChI=1S/C12H14N2S/c1-2-9(3-1)7-13-10-4-5-11-12(6-10)15-8-14-11/h4-6,8-9,13H,1-3,7H2. The second-order valence-corrected chi connectivity index (χ2v) is 5.10. The SMILES string of the molecule is c1nc2ccc(NCC3CCC3)cc2s1. The Morgan fingerprint density at radius 3 is 3.13 bits per heavy atom. The van der Waals surface area contributed by atoms with Gasteiger partial charge in [0.15, 0.2) is 0 Å². The summed E-state index contributed by atoms with van der Waals surface area (Å²) in [6.07, 6.45) is 4.21. The minimum Gasteiger partial charge on any atom is -0.385 e. The zero-order valence-electron chi connectivity index (χ0n) is 8.57. The molecular formula is C12H14N2S. The maximum Gasteiger partial charge on any atom is 0.0813 e. The van der Waals surface area contributed by atoms with Crippen molar-refractivity contribution in [3.63, 3.8) is 0 Å². The predicted molar refractivity (Wildman–Crippen MR) is 65.5 cm³/mol. The van der Waals surface area contributed by atoms with Gasteiger partial charge < -0.3 is 5.32 Å². The topological polar surface area (TPSA) is 24.9 Å². The molecule has 2 aromatic rings. The molecule has 1 saturated carbocycles. The first-order valence-corrected chi connectivity index (χ1v) is 6.37. The van der Waals surface area contributed by atoms with Crippen molar-refractivity contribution >= 4 is 27.2 Å². The van der Waals surface area contributed by atoms with Crippen molar-refractivity contribution in [2.75, 3.05) is 11.9 Å². The summed E-state index contributed by atoms with van der Waals surface area (Å²) in [7, 11) is 0. The van der Waals surface area contributed by atoms with Gasteiger partial charge in [-0.2, -0.15) is 0 Å². The lowest BCUT2D eigenvalue weighted by molar-refractivity contribution is 0.333. The van der Waals surface area contributed by atoms with E-state index in [0.717, 1.165) is 18.0 Å². The molecule has 1 aliphatic rings. The van der Waals surface area contributed by atoms with Crippen molar-refractivity contribution in [3.05, 3.63) is 23.7 Å². The van der Waals surface area contributed by atoms with Crippen LogP contribution >= 0.6 is 11.3 Å². The number of hydrogen-bond acceptors (Lipinski definition) is 3. The lowest BCUT2D eigenvalue weighted by atomic mass is 9.85. The lowest BCUT2D eigenvalue weighted by Crippen LogP contribution is -2.20. The minimum atomic E-state index is 0.905. The van der Waals surface area contributed by atoms with Gasteiger partial charge in [-0.3, -0.25) is 0 Å². The number of aromatic nitrogens is 1. The summed E-state index contributed by atoms with van der Waals surface area (Å²) in [4.78, 5) is 4.27. The highest BCUT2D eigenvalue weighted by molar-refractivity contribution is 7.16. The first-order chi connectivity index (χ1) is 7.42.